The quantitative estimate of drug-likeness (QED) is 0.504. The second kappa shape index (κ2) is 8.61. The zero-order valence-electron chi connectivity index (χ0n) is 15.4. The van der Waals surface area contributed by atoms with Crippen LogP contribution in [0.2, 0.25) is 0 Å². The highest BCUT2D eigenvalue weighted by molar-refractivity contribution is 5.96. The molecule has 0 atom stereocenters. The molecule has 0 fully saturated rings. The third kappa shape index (κ3) is 5.23. The van der Waals surface area contributed by atoms with Crippen LogP contribution in [0.25, 0.3) is 17.2 Å². The lowest BCUT2D eigenvalue weighted by Crippen LogP contribution is -2.21. The number of carbonyl (C=O) groups excluding carboxylic acids is 1. The summed E-state index contributed by atoms with van der Waals surface area (Å²) in [5, 5.41) is 2.67. The van der Waals surface area contributed by atoms with Gasteiger partial charge in [0.25, 0.3) is 5.91 Å². The molecule has 1 N–H and O–H groups in total. The van der Waals surface area contributed by atoms with Gasteiger partial charge in [0.15, 0.2) is 0 Å². The van der Waals surface area contributed by atoms with Gasteiger partial charge < -0.3 is 5.32 Å². The third-order valence-corrected chi connectivity index (χ3v) is 4.27. The average molecular weight is 393 g/mol. The van der Waals surface area contributed by atoms with E-state index in [1.807, 2.05) is 42.5 Å². The van der Waals surface area contributed by atoms with Crippen LogP contribution in [-0.2, 0) is 6.18 Å². The topological polar surface area (TPSA) is 29.1 Å². The molecule has 0 radical (unpaired) electrons. The number of benzene rings is 3. The summed E-state index contributed by atoms with van der Waals surface area (Å²) < 4.78 is 38.6. The van der Waals surface area contributed by atoms with Gasteiger partial charge in [-0.15, -0.1) is 0 Å². The normalized spacial score (nSPS) is 11.8. The largest absolute Gasteiger partial charge is 0.416 e. The van der Waals surface area contributed by atoms with Crippen molar-refractivity contribution in [3.63, 3.8) is 0 Å². The van der Waals surface area contributed by atoms with Crippen molar-refractivity contribution in [3.05, 3.63) is 114 Å². The molecule has 0 unspecified atom stereocenters. The SMILES string of the molecule is C=C/C(=C\c1cccc(C(F)(F)F)c1)NC(=O)c1ccc(-c2ccccc2)cc1. The van der Waals surface area contributed by atoms with Gasteiger partial charge in [-0.1, -0.05) is 61.2 Å². The molecule has 2 nitrogen and oxygen atoms in total. The molecule has 3 aromatic rings. The van der Waals surface area contributed by atoms with Gasteiger partial charge in [0.1, 0.15) is 0 Å². The molecule has 0 aliphatic heterocycles. The Balaban J connectivity index is 1.76. The zero-order valence-corrected chi connectivity index (χ0v) is 15.4. The van der Waals surface area contributed by atoms with Gasteiger partial charge in [0.05, 0.1) is 5.56 Å². The van der Waals surface area contributed by atoms with Crippen LogP contribution in [0.5, 0.6) is 0 Å². The van der Waals surface area contributed by atoms with E-state index in [1.54, 1.807) is 12.1 Å². The van der Waals surface area contributed by atoms with E-state index in [0.29, 0.717) is 16.8 Å². The van der Waals surface area contributed by atoms with E-state index in [-0.39, 0.29) is 5.91 Å². The van der Waals surface area contributed by atoms with Gasteiger partial charge >= 0.3 is 6.18 Å². The molecule has 146 valence electrons. The summed E-state index contributed by atoms with van der Waals surface area (Å²) in [5.74, 6) is -0.372. The Labute approximate surface area is 167 Å². The van der Waals surface area contributed by atoms with E-state index in [0.717, 1.165) is 23.3 Å². The number of allylic oxidation sites excluding steroid dienone is 1. The van der Waals surface area contributed by atoms with Crippen LogP contribution in [0.1, 0.15) is 21.5 Å². The Hall–Kier alpha value is -3.60. The Morgan fingerprint density at radius 1 is 0.862 bits per heavy atom. The predicted molar refractivity (Wildman–Crippen MR) is 109 cm³/mol. The monoisotopic (exact) mass is 393 g/mol. The van der Waals surface area contributed by atoms with Crippen molar-refractivity contribution in [2.45, 2.75) is 6.18 Å². The Morgan fingerprint density at radius 2 is 1.52 bits per heavy atom. The van der Waals surface area contributed by atoms with Crippen LogP contribution in [0.15, 0.2) is 97.2 Å². The molecular weight excluding hydrogens is 375 g/mol. The number of nitrogens with one attached hydrogen (secondary N) is 1. The van der Waals surface area contributed by atoms with Crippen LogP contribution in [-0.4, -0.2) is 5.91 Å². The summed E-state index contributed by atoms with van der Waals surface area (Å²) in [4.78, 5) is 12.5. The minimum atomic E-state index is -4.43. The molecule has 1 amide bonds. The number of hydrogen-bond donors (Lipinski definition) is 1. The summed E-state index contributed by atoms with van der Waals surface area (Å²) in [7, 11) is 0. The number of hydrogen-bond acceptors (Lipinski definition) is 1. The Kier molecular flexibility index (Phi) is 5.98. The summed E-state index contributed by atoms with van der Waals surface area (Å²) in [6, 6.07) is 21.7. The van der Waals surface area contributed by atoms with E-state index in [9.17, 15) is 18.0 Å². The van der Waals surface area contributed by atoms with Crippen molar-refractivity contribution in [2.75, 3.05) is 0 Å². The molecule has 5 heteroatoms. The van der Waals surface area contributed by atoms with Gasteiger partial charge in [-0.2, -0.15) is 13.2 Å². The number of halogens is 3. The van der Waals surface area contributed by atoms with Gasteiger partial charge in [-0.25, -0.2) is 0 Å². The van der Waals surface area contributed by atoms with Crippen LogP contribution >= 0.6 is 0 Å². The van der Waals surface area contributed by atoms with Crippen molar-refractivity contribution in [2.24, 2.45) is 0 Å². The van der Waals surface area contributed by atoms with Gasteiger partial charge in [0.2, 0.25) is 0 Å². The standard InChI is InChI=1S/C24H18F3NO/c1-2-22(16-17-7-6-10-21(15-17)24(25,26)27)28-23(29)20-13-11-19(12-14-20)18-8-4-3-5-9-18/h2-16H,1H2,(H,28,29)/b22-16+. The summed E-state index contributed by atoms with van der Waals surface area (Å²) >= 11 is 0. The van der Waals surface area contributed by atoms with E-state index in [1.165, 1.54) is 24.3 Å². The minimum Gasteiger partial charge on any atom is -0.322 e. The van der Waals surface area contributed by atoms with E-state index >= 15 is 0 Å². The molecule has 3 aromatic carbocycles. The maximum absolute atomic E-state index is 12.9. The number of amides is 1. The molecule has 0 aromatic heterocycles. The molecular formula is C24H18F3NO. The lowest BCUT2D eigenvalue weighted by Gasteiger charge is -2.09. The molecule has 0 saturated heterocycles. The van der Waals surface area contributed by atoms with Crippen molar-refractivity contribution in [1.29, 1.82) is 0 Å². The second-order valence-electron chi connectivity index (χ2n) is 6.32. The molecule has 29 heavy (non-hydrogen) atoms. The predicted octanol–water partition coefficient (Wildman–Crippen LogP) is 6.33. The Morgan fingerprint density at radius 3 is 2.14 bits per heavy atom. The van der Waals surface area contributed by atoms with Crippen molar-refractivity contribution < 1.29 is 18.0 Å². The number of carbonyl (C=O) groups is 1. The highest BCUT2D eigenvalue weighted by Crippen LogP contribution is 2.30. The fourth-order valence-corrected chi connectivity index (χ4v) is 2.78. The molecule has 0 bridgehead atoms. The molecule has 0 heterocycles. The fraction of sp³-hybridized carbons (Fsp3) is 0.0417. The third-order valence-electron chi connectivity index (χ3n) is 4.27. The van der Waals surface area contributed by atoms with E-state index in [4.69, 9.17) is 0 Å². The number of rotatable bonds is 5. The summed E-state index contributed by atoms with van der Waals surface area (Å²) in [6.07, 6.45) is -1.60. The Bertz CT molecular complexity index is 1040. The van der Waals surface area contributed by atoms with Crippen LogP contribution < -0.4 is 5.32 Å². The van der Waals surface area contributed by atoms with Crippen molar-refractivity contribution in [1.82, 2.24) is 5.32 Å². The molecule has 0 spiro atoms. The van der Waals surface area contributed by atoms with Gasteiger partial charge in [-0.3, -0.25) is 4.79 Å². The van der Waals surface area contributed by atoms with Gasteiger partial charge in [-0.05, 0) is 53.1 Å². The van der Waals surface area contributed by atoms with Crippen LogP contribution in [0, 0.1) is 0 Å². The molecule has 3 rings (SSSR count). The maximum Gasteiger partial charge on any atom is 0.416 e. The van der Waals surface area contributed by atoms with E-state index < -0.39 is 11.7 Å². The summed E-state index contributed by atoms with van der Waals surface area (Å²) in [6.45, 7) is 3.62. The minimum absolute atomic E-state index is 0.307. The number of alkyl halides is 3. The highest BCUT2D eigenvalue weighted by Gasteiger charge is 2.30. The van der Waals surface area contributed by atoms with Crippen molar-refractivity contribution >= 4 is 12.0 Å². The van der Waals surface area contributed by atoms with Gasteiger partial charge in [0, 0.05) is 11.3 Å². The first-order chi connectivity index (χ1) is 13.9. The first-order valence-corrected chi connectivity index (χ1v) is 8.85. The zero-order chi connectivity index (χ0) is 20.9. The van der Waals surface area contributed by atoms with Crippen LogP contribution in [0.3, 0.4) is 0 Å². The first-order valence-electron chi connectivity index (χ1n) is 8.85. The van der Waals surface area contributed by atoms with Crippen molar-refractivity contribution in [3.8, 4) is 11.1 Å². The lowest BCUT2D eigenvalue weighted by molar-refractivity contribution is -0.137. The molecule has 0 aliphatic carbocycles. The maximum atomic E-state index is 12.9. The van der Waals surface area contributed by atoms with Crippen LogP contribution in [0.4, 0.5) is 13.2 Å². The molecule has 0 saturated carbocycles. The highest BCUT2D eigenvalue weighted by atomic mass is 19.4. The summed E-state index contributed by atoms with van der Waals surface area (Å²) in [5.41, 5.74) is 2.32. The lowest BCUT2D eigenvalue weighted by atomic mass is 10.0. The molecule has 0 aliphatic rings. The smallest absolute Gasteiger partial charge is 0.322 e. The fourth-order valence-electron chi connectivity index (χ4n) is 2.78. The first kappa shape index (κ1) is 20.1. The second-order valence-corrected chi connectivity index (χ2v) is 6.32. The van der Waals surface area contributed by atoms with E-state index in [2.05, 4.69) is 11.9 Å². The average Bonchev–Trinajstić information content (AvgIpc) is 2.73.